The van der Waals surface area contributed by atoms with Crippen molar-refractivity contribution >= 4 is 21.6 Å². The molecule has 6 heteroatoms. The molecule has 0 N–H and O–H groups in total. The fourth-order valence-corrected chi connectivity index (χ4v) is 4.33. The van der Waals surface area contributed by atoms with Gasteiger partial charge in [-0.15, -0.1) is 0 Å². The van der Waals surface area contributed by atoms with Crippen LogP contribution in [0.2, 0.25) is 0 Å². The summed E-state index contributed by atoms with van der Waals surface area (Å²) in [7, 11) is -1.93. The number of benzene rings is 2. The van der Waals surface area contributed by atoms with Crippen LogP contribution >= 0.6 is 0 Å². The van der Waals surface area contributed by atoms with Gasteiger partial charge in [0.25, 0.3) is 0 Å². The van der Waals surface area contributed by atoms with E-state index in [1.165, 1.54) is 4.31 Å². The van der Waals surface area contributed by atoms with Crippen LogP contribution in [0.1, 0.15) is 24.0 Å². The minimum atomic E-state index is -3.48. The molecule has 2 aromatic carbocycles. The van der Waals surface area contributed by atoms with Crippen molar-refractivity contribution in [3.63, 3.8) is 0 Å². The fraction of sp³-hybridized carbons (Fsp3) is 0.350. The zero-order valence-electron chi connectivity index (χ0n) is 15.0. The van der Waals surface area contributed by atoms with Crippen molar-refractivity contribution in [1.29, 1.82) is 0 Å². The first-order valence-corrected chi connectivity index (χ1v) is 10.4. The monoisotopic (exact) mass is 372 g/mol. The Morgan fingerprint density at radius 1 is 1.08 bits per heavy atom. The zero-order valence-corrected chi connectivity index (χ0v) is 15.8. The first-order valence-electron chi connectivity index (χ1n) is 8.83. The molecule has 0 fully saturated rings. The van der Waals surface area contributed by atoms with Crippen LogP contribution in [0.5, 0.6) is 0 Å². The number of sulfonamides is 1. The molecule has 0 unspecified atom stereocenters. The summed E-state index contributed by atoms with van der Waals surface area (Å²) in [5.41, 5.74) is 2.99. The summed E-state index contributed by atoms with van der Waals surface area (Å²) in [5, 5.41) is 0. The average Bonchev–Trinajstić information content (AvgIpc) is 2.66. The molecule has 2 aromatic rings. The molecule has 0 radical (unpaired) electrons. The van der Waals surface area contributed by atoms with E-state index in [2.05, 4.69) is 0 Å². The molecule has 26 heavy (non-hydrogen) atoms. The lowest BCUT2D eigenvalue weighted by molar-refractivity contribution is -0.118. The number of carbonyl (C=O) groups is 1. The number of rotatable bonds is 6. The van der Waals surface area contributed by atoms with Gasteiger partial charge in [-0.25, -0.2) is 12.7 Å². The van der Waals surface area contributed by atoms with Crippen LogP contribution in [0.15, 0.2) is 54.6 Å². The summed E-state index contributed by atoms with van der Waals surface area (Å²) in [4.78, 5) is 14.4. The molecule has 0 aromatic heterocycles. The van der Waals surface area contributed by atoms with Gasteiger partial charge in [0.15, 0.2) is 0 Å². The van der Waals surface area contributed by atoms with Gasteiger partial charge in [-0.05, 0) is 30.0 Å². The van der Waals surface area contributed by atoms with E-state index in [4.69, 9.17) is 0 Å². The second-order valence-electron chi connectivity index (χ2n) is 6.59. The Morgan fingerprint density at radius 3 is 2.54 bits per heavy atom. The Bertz CT molecular complexity index is 866. The normalized spacial score (nSPS) is 14.3. The average molecular weight is 372 g/mol. The fourth-order valence-electron chi connectivity index (χ4n) is 3.24. The minimum Gasteiger partial charge on any atom is -0.312 e. The molecule has 1 amide bonds. The van der Waals surface area contributed by atoms with Crippen molar-refractivity contribution in [1.82, 2.24) is 4.31 Å². The molecule has 0 aliphatic carbocycles. The highest BCUT2D eigenvalue weighted by atomic mass is 32.2. The van der Waals surface area contributed by atoms with Crippen molar-refractivity contribution < 1.29 is 13.2 Å². The summed E-state index contributed by atoms with van der Waals surface area (Å²) in [6.07, 6.45) is 1.86. The molecule has 1 aliphatic rings. The smallest absolute Gasteiger partial charge is 0.228 e. The molecule has 0 saturated heterocycles. The van der Waals surface area contributed by atoms with Gasteiger partial charge >= 0.3 is 0 Å². The van der Waals surface area contributed by atoms with Gasteiger partial charge in [-0.3, -0.25) is 4.79 Å². The quantitative estimate of drug-likeness (QED) is 0.783. The Balaban J connectivity index is 1.62. The SMILES string of the molecule is CN(Cc1ccccc1)S(=O)(=O)CCC(=O)N1CCCc2ccccc21. The lowest BCUT2D eigenvalue weighted by Crippen LogP contribution is -2.37. The number of hydrogen-bond donors (Lipinski definition) is 0. The third kappa shape index (κ3) is 4.31. The predicted molar refractivity (Wildman–Crippen MR) is 103 cm³/mol. The summed E-state index contributed by atoms with van der Waals surface area (Å²) >= 11 is 0. The molecule has 138 valence electrons. The summed E-state index contributed by atoms with van der Waals surface area (Å²) in [6, 6.07) is 17.3. The Morgan fingerprint density at radius 2 is 1.77 bits per heavy atom. The highest BCUT2D eigenvalue weighted by Gasteiger charge is 2.25. The molecule has 1 aliphatic heterocycles. The molecule has 0 atom stereocenters. The predicted octanol–water partition coefficient (Wildman–Crippen LogP) is 2.82. The van der Waals surface area contributed by atoms with Gasteiger partial charge in [-0.2, -0.15) is 0 Å². The number of anilines is 1. The van der Waals surface area contributed by atoms with Crippen molar-refractivity contribution in [2.24, 2.45) is 0 Å². The van der Waals surface area contributed by atoms with Gasteiger partial charge in [0.2, 0.25) is 15.9 Å². The van der Waals surface area contributed by atoms with Crippen LogP contribution in [0, 0.1) is 0 Å². The van der Waals surface area contributed by atoms with Crippen LogP contribution in [0.3, 0.4) is 0 Å². The highest BCUT2D eigenvalue weighted by Crippen LogP contribution is 2.27. The molecule has 3 rings (SSSR count). The maximum Gasteiger partial charge on any atom is 0.228 e. The Hall–Kier alpha value is -2.18. The van der Waals surface area contributed by atoms with E-state index in [0.717, 1.165) is 29.7 Å². The molecule has 0 spiro atoms. The summed E-state index contributed by atoms with van der Waals surface area (Å²) in [6.45, 7) is 0.958. The number of fused-ring (bicyclic) bond motifs is 1. The third-order valence-electron chi connectivity index (χ3n) is 4.71. The highest BCUT2D eigenvalue weighted by molar-refractivity contribution is 7.89. The number of para-hydroxylation sites is 1. The van der Waals surface area contributed by atoms with Crippen LogP contribution in [0.25, 0.3) is 0 Å². The number of carbonyl (C=O) groups excluding carboxylic acids is 1. The third-order valence-corrected chi connectivity index (χ3v) is 6.51. The second-order valence-corrected chi connectivity index (χ2v) is 8.78. The molecule has 1 heterocycles. The van der Waals surface area contributed by atoms with Crippen LogP contribution in [-0.2, 0) is 27.8 Å². The largest absolute Gasteiger partial charge is 0.312 e. The van der Waals surface area contributed by atoms with E-state index in [1.54, 1.807) is 11.9 Å². The van der Waals surface area contributed by atoms with E-state index in [1.807, 2.05) is 54.6 Å². The van der Waals surface area contributed by atoms with Gasteiger partial charge in [0.1, 0.15) is 0 Å². The van der Waals surface area contributed by atoms with Crippen molar-refractivity contribution in [3.05, 3.63) is 65.7 Å². The molecular formula is C20H24N2O3S. The second kappa shape index (κ2) is 8.01. The number of hydrogen-bond acceptors (Lipinski definition) is 3. The maximum atomic E-state index is 12.6. The minimum absolute atomic E-state index is 0.00417. The van der Waals surface area contributed by atoms with Crippen molar-refractivity contribution in [2.45, 2.75) is 25.8 Å². The topological polar surface area (TPSA) is 57.7 Å². The van der Waals surface area contributed by atoms with E-state index >= 15 is 0 Å². The van der Waals surface area contributed by atoms with Crippen LogP contribution < -0.4 is 4.90 Å². The van der Waals surface area contributed by atoms with Crippen molar-refractivity contribution in [3.8, 4) is 0 Å². The first-order chi connectivity index (χ1) is 12.5. The van der Waals surface area contributed by atoms with Gasteiger partial charge in [-0.1, -0.05) is 48.5 Å². The van der Waals surface area contributed by atoms with E-state index < -0.39 is 10.0 Å². The number of nitrogens with zero attached hydrogens (tertiary/aromatic N) is 2. The Kier molecular flexibility index (Phi) is 5.74. The Labute approximate surface area is 155 Å². The van der Waals surface area contributed by atoms with Crippen molar-refractivity contribution in [2.75, 3.05) is 24.2 Å². The van der Waals surface area contributed by atoms with E-state index in [0.29, 0.717) is 13.1 Å². The molecular weight excluding hydrogens is 348 g/mol. The molecule has 0 saturated carbocycles. The van der Waals surface area contributed by atoms with Gasteiger partial charge in [0, 0.05) is 32.2 Å². The lowest BCUT2D eigenvalue weighted by atomic mass is 10.0. The number of aryl methyl sites for hydroxylation is 1. The maximum absolute atomic E-state index is 12.6. The van der Waals surface area contributed by atoms with Gasteiger partial charge in [0.05, 0.1) is 5.75 Å². The first kappa shape index (κ1) is 18.6. The van der Waals surface area contributed by atoms with Crippen LogP contribution in [-0.4, -0.2) is 38.0 Å². The lowest BCUT2D eigenvalue weighted by Gasteiger charge is -2.29. The van der Waals surface area contributed by atoms with E-state index in [-0.39, 0.29) is 18.1 Å². The molecule has 0 bridgehead atoms. The number of amides is 1. The zero-order chi connectivity index (χ0) is 18.6. The van der Waals surface area contributed by atoms with Gasteiger partial charge < -0.3 is 4.90 Å². The van der Waals surface area contributed by atoms with Crippen LogP contribution in [0.4, 0.5) is 5.69 Å². The summed E-state index contributed by atoms with van der Waals surface area (Å²) < 4.78 is 26.4. The molecule has 5 nitrogen and oxygen atoms in total. The standard InChI is InChI=1S/C20H24N2O3S/c1-21(16-17-8-3-2-4-9-17)26(24,25)15-13-20(23)22-14-7-11-18-10-5-6-12-19(18)22/h2-6,8-10,12H,7,11,13-16H2,1H3. The van der Waals surface area contributed by atoms with E-state index in [9.17, 15) is 13.2 Å². The summed E-state index contributed by atoms with van der Waals surface area (Å²) in [5.74, 6) is -0.303.